The summed E-state index contributed by atoms with van der Waals surface area (Å²) in [4.78, 5) is 7.71. The van der Waals surface area contributed by atoms with E-state index in [9.17, 15) is 4.21 Å². The topological polar surface area (TPSA) is 54.9 Å². The van der Waals surface area contributed by atoms with Gasteiger partial charge in [-0.1, -0.05) is 0 Å². The van der Waals surface area contributed by atoms with Crippen LogP contribution in [0.25, 0.3) is 0 Å². The molecule has 2 atom stereocenters. The van der Waals surface area contributed by atoms with E-state index in [0.29, 0.717) is 12.4 Å². The van der Waals surface area contributed by atoms with Crippen LogP contribution in [0.1, 0.15) is 6.92 Å². The second-order valence-corrected chi connectivity index (χ2v) is 5.04. The van der Waals surface area contributed by atoms with Gasteiger partial charge < -0.3 is 5.32 Å². The van der Waals surface area contributed by atoms with Gasteiger partial charge in [0.1, 0.15) is 5.82 Å². The zero-order valence-corrected chi connectivity index (χ0v) is 9.60. The fraction of sp³-hybridized carbons (Fsp3) is 0.500. The van der Waals surface area contributed by atoms with Crippen molar-refractivity contribution in [1.29, 1.82) is 0 Å². The molecule has 0 aliphatic carbocycles. The quantitative estimate of drug-likeness (QED) is 0.797. The maximum atomic E-state index is 11.0. The third-order valence-corrected chi connectivity index (χ3v) is 3.25. The van der Waals surface area contributed by atoms with Crippen LogP contribution >= 0.6 is 11.6 Å². The third kappa shape index (κ3) is 3.59. The van der Waals surface area contributed by atoms with Crippen molar-refractivity contribution in [2.45, 2.75) is 12.2 Å². The van der Waals surface area contributed by atoms with Gasteiger partial charge in [0, 0.05) is 35.0 Å². The van der Waals surface area contributed by atoms with Crippen molar-refractivity contribution in [2.75, 3.05) is 18.1 Å². The van der Waals surface area contributed by atoms with Gasteiger partial charge in [-0.15, -0.1) is 0 Å². The SMILES string of the molecule is CC(CNc1ccnc(Cl)n1)S(C)=O. The van der Waals surface area contributed by atoms with Crippen molar-refractivity contribution in [3.63, 3.8) is 0 Å². The molecule has 0 saturated carbocycles. The highest BCUT2D eigenvalue weighted by Gasteiger charge is 2.05. The molecule has 0 spiro atoms. The van der Waals surface area contributed by atoms with Gasteiger partial charge in [0.25, 0.3) is 0 Å². The molecule has 1 N–H and O–H groups in total. The Bertz CT molecular complexity index is 334. The molecule has 0 radical (unpaired) electrons. The van der Waals surface area contributed by atoms with Gasteiger partial charge >= 0.3 is 0 Å². The van der Waals surface area contributed by atoms with Gasteiger partial charge in [0.05, 0.1) is 0 Å². The molecule has 1 aromatic heterocycles. The van der Waals surface area contributed by atoms with E-state index < -0.39 is 10.8 Å². The molecule has 0 aromatic carbocycles. The first-order chi connectivity index (χ1) is 6.59. The van der Waals surface area contributed by atoms with Gasteiger partial charge in [-0.05, 0) is 24.6 Å². The molecule has 1 heterocycles. The zero-order chi connectivity index (χ0) is 10.6. The highest BCUT2D eigenvalue weighted by atomic mass is 35.5. The Kier molecular flexibility index (Phi) is 4.28. The monoisotopic (exact) mass is 233 g/mol. The van der Waals surface area contributed by atoms with Crippen LogP contribution in [0.2, 0.25) is 5.28 Å². The fourth-order valence-corrected chi connectivity index (χ4v) is 1.26. The molecule has 0 fully saturated rings. The number of nitrogens with one attached hydrogen (secondary N) is 1. The normalized spacial score (nSPS) is 14.8. The van der Waals surface area contributed by atoms with E-state index in [2.05, 4.69) is 15.3 Å². The Morgan fingerprint density at radius 3 is 3.00 bits per heavy atom. The lowest BCUT2D eigenvalue weighted by atomic mass is 10.4. The molecule has 6 heteroatoms. The number of hydrogen-bond acceptors (Lipinski definition) is 4. The Labute approximate surface area is 90.6 Å². The van der Waals surface area contributed by atoms with E-state index in [4.69, 9.17) is 11.6 Å². The van der Waals surface area contributed by atoms with Crippen LogP contribution in [0.15, 0.2) is 12.3 Å². The summed E-state index contributed by atoms with van der Waals surface area (Å²) in [6, 6.07) is 1.72. The number of anilines is 1. The fourth-order valence-electron chi connectivity index (χ4n) is 0.799. The first kappa shape index (κ1) is 11.4. The lowest BCUT2D eigenvalue weighted by Gasteiger charge is -2.09. The average molecular weight is 234 g/mol. The van der Waals surface area contributed by atoms with E-state index in [1.54, 1.807) is 18.5 Å². The van der Waals surface area contributed by atoms with Crippen molar-refractivity contribution >= 4 is 28.2 Å². The molecule has 78 valence electrons. The van der Waals surface area contributed by atoms with Gasteiger partial charge in [-0.3, -0.25) is 4.21 Å². The number of rotatable bonds is 4. The lowest BCUT2D eigenvalue weighted by Crippen LogP contribution is -2.21. The predicted molar refractivity (Wildman–Crippen MR) is 59.1 cm³/mol. The predicted octanol–water partition coefficient (Wildman–Crippen LogP) is 1.31. The molecule has 2 unspecified atom stereocenters. The van der Waals surface area contributed by atoms with E-state index in [1.165, 1.54) is 0 Å². The van der Waals surface area contributed by atoms with Crippen molar-refractivity contribution < 1.29 is 4.21 Å². The minimum atomic E-state index is -0.828. The standard InChI is InChI=1S/C8H12ClN3OS/c1-6(14(2)13)5-11-7-3-4-10-8(9)12-7/h3-4,6H,5H2,1-2H3,(H,10,11,12). The maximum Gasteiger partial charge on any atom is 0.224 e. The van der Waals surface area contributed by atoms with Gasteiger partial charge in [-0.25, -0.2) is 9.97 Å². The van der Waals surface area contributed by atoms with Crippen LogP contribution in [-0.2, 0) is 10.8 Å². The first-order valence-corrected chi connectivity index (χ1v) is 6.14. The van der Waals surface area contributed by atoms with Crippen LogP contribution in [0, 0.1) is 0 Å². The average Bonchev–Trinajstić information content (AvgIpc) is 2.14. The number of halogens is 1. The highest BCUT2D eigenvalue weighted by molar-refractivity contribution is 7.84. The summed E-state index contributed by atoms with van der Waals surface area (Å²) >= 11 is 5.60. The summed E-state index contributed by atoms with van der Waals surface area (Å²) in [5.74, 6) is 0.655. The van der Waals surface area contributed by atoms with Crippen LogP contribution < -0.4 is 5.32 Å². The minimum Gasteiger partial charge on any atom is -0.369 e. The molecular weight excluding hydrogens is 222 g/mol. The molecule has 4 nitrogen and oxygen atoms in total. The van der Waals surface area contributed by atoms with Crippen molar-refractivity contribution in [3.8, 4) is 0 Å². The molecule has 0 aliphatic heterocycles. The summed E-state index contributed by atoms with van der Waals surface area (Å²) in [7, 11) is -0.828. The molecule has 1 rings (SSSR count). The molecular formula is C8H12ClN3OS. The summed E-state index contributed by atoms with van der Waals surface area (Å²) in [6.45, 7) is 2.52. The van der Waals surface area contributed by atoms with Gasteiger partial charge in [-0.2, -0.15) is 0 Å². The molecule has 0 saturated heterocycles. The van der Waals surface area contributed by atoms with Crippen LogP contribution in [-0.4, -0.2) is 32.2 Å². The minimum absolute atomic E-state index is 0.0868. The summed E-state index contributed by atoms with van der Waals surface area (Å²) in [6.07, 6.45) is 3.25. The Morgan fingerprint density at radius 2 is 2.43 bits per heavy atom. The van der Waals surface area contributed by atoms with Crippen molar-refractivity contribution in [2.24, 2.45) is 0 Å². The van der Waals surface area contributed by atoms with Crippen molar-refractivity contribution in [1.82, 2.24) is 9.97 Å². The summed E-state index contributed by atoms with van der Waals surface area (Å²) in [5, 5.41) is 3.33. The number of nitrogens with zero attached hydrogens (tertiary/aromatic N) is 2. The maximum absolute atomic E-state index is 11.0. The third-order valence-electron chi connectivity index (χ3n) is 1.76. The lowest BCUT2D eigenvalue weighted by molar-refractivity contribution is 0.679. The van der Waals surface area contributed by atoms with E-state index >= 15 is 0 Å². The van der Waals surface area contributed by atoms with Crippen LogP contribution in [0.5, 0.6) is 0 Å². The van der Waals surface area contributed by atoms with Crippen LogP contribution in [0.3, 0.4) is 0 Å². The number of hydrogen-bond donors (Lipinski definition) is 1. The van der Waals surface area contributed by atoms with Gasteiger partial charge in [0.2, 0.25) is 5.28 Å². The highest BCUT2D eigenvalue weighted by Crippen LogP contribution is 2.06. The molecule has 1 aromatic rings. The first-order valence-electron chi connectivity index (χ1n) is 4.14. The van der Waals surface area contributed by atoms with Crippen molar-refractivity contribution in [3.05, 3.63) is 17.5 Å². The van der Waals surface area contributed by atoms with Crippen LogP contribution in [0.4, 0.5) is 5.82 Å². The summed E-state index contributed by atoms with van der Waals surface area (Å²) < 4.78 is 11.0. The number of aromatic nitrogens is 2. The zero-order valence-electron chi connectivity index (χ0n) is 8.03. The second kappa shape index (κ2) is 5.26. The Hall–Kier alpha value is -0.680. The summed E-state index contributed by atoms with van der Waals surface area (Å²) in [5.41, 5.74) is 0. The second-order valence-electron chi connectivity index (χ2n) is 2.90. The van der Waals surface area contributed by atoms with E-state index in [1.807, 2.05) is 6.92 Å². The molecule has 14 heavy (non-hydrogen) atoms. The Balaban J connectivity index is 2.49. The largest absolute Gasteiger partial charge is 0.369 e. The van der Waals surface area contributed by atoms with Gasteiger partial charge in [0.15, 0.2) is 0 Å². The van der Waals surface area contributed by atoms with E-state index in [-0.39, 0.29) is 10.5 Å². The van der Waals surface area contributed by atoms with E-state index in [0.717, 1.165) is 0 Å². The molecule has 0 bridgehead atoms. The molecule has 0 amide bonds. The molecule has 0 aliphatic rings. The smallest absolute Gasteiger partial charge is 0.224 e. The Morgan fingerprint density at radius 1 is 1.71 bits per heavy atom.